The first-order valence-corrected chi connectivity index (χ1v) is 6.25. The van der Waals surface area contributed by atoms with Crippen molar-refractivity contribution in [1.82, 2.24) is 9.97 Å². The Labute approximate surface area is 113 Å². The van der Waals surface area contributed by atoms with Crippen molar-refractivity contribution in [1.29, 1.82) is 0 Å². The summed E-state index contributed by atoms with van der Waals surface area (Å²) >= 11 is 0. The molecule has 0 aliphatic heterocycles. The van der Waals surface area contributed by atoms with E-state index in [1.165, 1.54) is 11.8 Å². The number of rotatable bonds is 3. The highest BCUT2D eigenvalue weighted by Gasteiger charge is 2.12. The van der Waals surface area contributed by atoms with Crippen LogP contribution in [0.4, 0.5) is 5.82 Å². The quantitative estimate of drug-likeness (QED) is 0.918. The molecule has 2 N–H and O–H groups in total. The van der Waals surface area contributed by atoms with Crippen molar-refractivity contribution in [2.75, 3.05) is 5.73 Å². The molecule has 0 aliphatic rings. The van der Waals surface area contributed by atoms with E-state index in [4.69, 9.17) is 10.5 Å². The summed E-state index contributed by atoms with van der Waals surface area (Å²) in [6, 6.07) is 8.13. The molecule has 0 saturated heterocycles. The van der Waals surface area contributed by atoms with E-state index >= 15 is 0 Å². The number of benzene rings is 1. The van der Waals surface area contributed by atoms with E-state index in [2.05, 4.69) is 42.9 Å². The van der Waals surface area contributed by atoms with Crippen LogP contribution in [-0.2, 0) is 12.0 Å². The van der Waals surface area contributed by atoms with Crippen LogP contribution in [0.15, 0.2) is 36.7 Å². The van der Waals surface area contributed by atoms with Crippen molar-refractivity contribution in [3.8, 4) is 5.75 Å². The molecule has 0 radical (unpaired) electrons. The zero-order valence-electron chi connectivity index (χ0n) is 11.6. The van der Waals surface area contributed by atoms with Crippen LogP contribution in [0.3, 0.4) is 0 Å². The maximum Gasteiger partial charge on any atom is 0.141 e. The summed E-state index contributed by atoms with van der Waals surface area (Å²) in [5.74, 6) is 1.24. The van der Waals surface area contributed by atoms with Gasteiger partial charge < -0.3 is 10.5 Å². The van der Waals surface area contributed by atoms with Gasteiger partial charge in [0.1, 0.15) is 18.2 Å². The Balaban J connectivity index is 1.98. The van der Waals surface area contributed by atoms with Crippen molar-refractivity contribution in [3.63, 3.8) is 0 Å². The first-order chi connectivity index (χ1) is 8.95. The van der Waals surface area contributed by atoms with E-state index in [0.29, 0.717) is 12.4 Å². The van der Waals surface area contributed by atoms with Gasteiger partial charge in [-0.1, -0.05) is 32.9 Å². The minimum atomic E-state index is 0.154. The standard InChI is InChI=1S/C15H19N3O/c1-15(2,3)11-4-6-13(7-5-11)19-10-12-8-18-14(16)9-17-12/h4-9H,10H2,1-3H3,(H2,16,18). The topological polar surface area (TPSA) is 61.0 Å². The number of hydrogen-bond acceptors (Lipinski definition) is 4. The number of nitrogen functional groups attached to an aromatic ring is 1. The van der Waals surface area contributed by atoms with Crippen molar-refractivity contribution < 1.29 is 4.74 Å². The average molecular weight is 257 g/mol. The predicted octanol–water partition coefficient (Wildman–Crippen LogP) is 2.94. The molecule has 0 unspecified atom stereocenters. The largest absolute Gasteiger partial charge is 0.487 e. The van der Waals surface area contributed by atoms with Crippen LogP contribution in [0.1, 0.15) is 32.0 Å². The Morgan fingerprint density at radius 3 is 2.26 bits per heavy atom. The van der Waals surface area contributed by atoms with E-state index in [-0.39, 0.29) is 5.41 Å². The smallest absolute Gasteiger partial charge is 0.141 e. The second-order valence-electron chi connectivity index (χ2n) is 5.50. The van der Waals surface area contributed by atoms with Gasteiger partial charge in [0, 0.05) is 0 Å². The fourth-order valence-electron chi connectivity index (χ4n) is 1.65. The van der Waals surface area contributed by atoms with Gasteiger partial charge in [-0.15, -0.1) is 0 Å². The van der Waals surface area contributed by atoms with Crippen LogP contribution in [0, 0.1) is 0 Å². The highest BCUT2D eigenvalue weighted by molar-refractivity contribution is 5.31. The third kappa shape index (κ3) is 3.68. The maximum absolute atomic E-state index is 5.66. The molecule has 4 nitrogen and oxygen atoms in total. The molecule has 4 heteroatoms. The second-order valence-corrected chi connectivity index (χ2v) is 5.50. The Kier molecular flexibility index (Phi) is 3.69. The molecule has 19 heavy (non-hydrogen) atoms. The third-order valence-electron chi connectivity index (χ3n) is 2.83. The Hall–Kier alpha value is -2.10. The van der Waals surface area contributed by atoms with Gasteiger partial charge in [-0.3, -0.25) is 4.98 Å². The molecule has 0 fully saturated rings. The number of aromatic nitrogens is 2. The number of nitrogens with zero attached hydrogens (tertiary/aromatic N) is 2. The van der Waals surface area contributed by atoms with E-state index in [1.54, 1.807) is 6.20 Å². The van der Waals surface area contributed by atoms with Gasteiger partial charge in [-0.05, 0) is 23.1 Å². The molecular weight excluding hydrogens is 238 g/mol. The summed E-state index contributed by atoms with van der Waals surface area (Å²) in [7, 11) is 0. The predicted molar refractivity (Wildman–Crippen MR) is 75.9 cm³/mol. The average Bonchev–Trinajstić information content (AvgIpc) is 2.37. The van der Waals surface area contributed by atoms with Crippen LogP contribution >= 0.6 is 0 Å². The highest BCUT2D eigenvalue weighted by atomic mass is 16.5. The number of nitrogens with two attached hydrogens (primary N) is 1. The normalized spacial score (nSPS) is 11.3. The van der Waals surface area contributed by atoms with Gasteiger partial charge in [0.25, 0.3) is 0 Å². The maximum atomic E-state index is 5.66. The lowest BCUT2D eigenvalue weighted by Gasteiger charge is -2.19. The van der Waals surface area contributed by atoms with Gasteiger partial charge in [0.05, 0.1) is 18.1 Å². The summed E-state index contributed by atoms with van der Waals surface area (Å²) < 4.78 is 5.66. The molecule has 0 saturated carbocycles. The molecule has 2 rings (SSSR count). The number of anilines is 1. The summed E-state index contributed by atoms with van der Waals surface area (Å²) in [5.41, 5.74) is 7.67. The van der Waals surface area contributed by atoms with Crippen molar-refractivity contribution in [3.05, 3.63) is 47.9 Å². The molecule has 0 spiro atoms. The fraction of sp³-hybridized carbons (Fsp3) is 0.333. The summed E-state index contributed by atoms with van der Waals surface area (Å²) in [6.07, 6.45) is 3.15. The minimum absolute atomic E-state index is 0.154. The Morgan fingerprint density at radius 2 is 1.74 bits per heavy atom. The minimum Gasteiger partial charge on any atom is -0.487 e. The Bertz CT molecular complexity index is 527. The van der Waals surface area contributed by atoms with Crippen molar-refractivity contribution in [2.45, 2.75) is 32.8 Å². The summed E-state index contributed by atoms with van der Waals surface area (Å²) in [5, 5.41) is 0. The van der Waals surface area contributed by atoms with Crippen LogP contribution in [-0.4, -0.2) is 9.97 Å². The first-order valence-electron chi connectivity index (χ1n) is 6.25. The highest BCUT2D eigenvalue weighted by Crippen LogP contribution is 2.24. The van der Waals surface area contributed by atoms with Crippen molar-refractivity contribution in [2.24, 2.45) is 0 Å². The Morgan fingerprint density at radius 1 is 1.05 bits per heavy atom. The molecule has 0 bridgehead atoms. The van der Waals surface area contributed by atoms with Crippen LogP contribution < -0.4 is 10.5 Å². The molecule has 100 valence electrons. The van der Waals surface area contributed by atoms with Gasteiger partial charge >= 0.3 is 0 Å². The molecule has 1 heterocycles. The number of ether oxygens (including phenoxy) is 1. The molecule has 2 aromatic rings. The second kappa shape index (κ2) is 5.26. The molecule has 0 amide bonds. The lowest BCUT2D eigenvalue weighted by molar-refractivity contribution is 0.300. The van der Waals surface area contributed by atoms with Gasteiger partial charge in [0.15, 0.2) is 0 Å². The monoisotopic (exact) mass is 257 g/mol. The zero-order valence-corrected chi connectivity index (χ0v) is 11.6. The molecular formula is C15H19N3O. The molecule has 0 aliphatic carbocycles. The van der Waals surface area contributed by atoms with Crippen molar-refractivity contribution >= 4 is 5.82 Å². The van der Waals surface area contributed by atoms with Crippen LogP contribution in [0.25, 0.3) is 0 Å². The van der Waals surface area contributed by atoms with Gasteiger partial charge in [-0.25, -0.2) is 4.98 Å². The SMILES string of the molecule is CC(C)(C)c1ccc(OCc2cnc(N)cn2)cc1. The zero-order chi connectivity index (χ0) is 13.9. The van der Waals surface area contributed by atoms with E-state index < -0.39 is 0 Å². The summed E-state index contributed by atoms with van der Waals surface area (Å²) in [6.45, 7) is 6.95. The van der Waals surface area contributed by atoms with Gasteiger partial charge in [0.2, 0.25) is 0 Å². The van der Waals surface area contributed by atoms with Crippen LogP contribution in [0.5, 0.6) is 5.75 Å². The van der Waals surface area contributed by atoms with E-state index in [0.717, 1.165) is 11.4 Å². The van der Waals surface area contributed by atoms with Crippen LogP contribution in [0.2, 0.25) is 0 Å². The summed E-state index contributed by atoms with van der Waals surface area (Å²) in [4.78, 5) is 8.11. The third-order valence-corrected chi connectivity index (χ3v) is 2.83. The number of hydrogen-bond donors (Lipinski definition) is 1. The first kappa shape index (κ1) is 13.3. The lowest BCUT2D eigenvalue weighted by Crippen LogP contribution is -2.10. The van der Waals surface area contributed by atoms with E-state index in [1.807, 2.05) is 12.1 Å². The lowest BCUT2D eigenvalue weighted by atomic mass is 9.87. The molecule has 1 aromatic heterocycles. The van der Waals surface area contributed by atoms with E-state index in [9.17, 15) is 0 Å². The molecule has 1 aromatic carbocycles. The van der Waals surface area contributed by atoms with Gasteiger partial charge in [-0.2, -0.15) is 0 Å². The fourth-order valence-corrected chi connectivity index (χ4v) is 1.65. The molecule has 0 atom stereocenters.